The topological polar surface area (TPSA) is 119 Å². The molecule has 8 heteroatoms. The molecule has 1 unspecified atom stereocenters. The largest absolute Gasteiger partial charge is 0.493 e. The number of oxazole rings is 1. The number of allylic oxidation sites excluding steroid dienone is 2. The molecule has 1 aromatic carbocycles. The molecule has 0 bridgehead atoms. The van der Waals surface area contributed by atoms with E-state index in [1.54, 1.807) is 6.07 Å². The summed E-state index contributed by atoms with van der Waals surface area (Å²) >= 11 is 0. The third-order valence-electron chi connectivity index (χ3n) is 6.23. The molecule has 41 heavy (non-hydrogen) atoms. The number of hydrogen-bond donors (Lipinski definition) is 2. The number of aliphatic carboxylic acids is 1. The van der Waals surface area contributed by atoms with Gasteiger partial charge in [0.1, 0.15) is 11.5 Å². The minimum atomic E-state index is -1.04. The van der Waals surface area contributed by atoms with E-state index in [9.17, 15) is 14.7 Å². The van der Waals surface area contributed by atoms with E-state index in [4.69, 9.17) is 14.9 Å². The van der Waals surface area contributed by atoms with Crippen LogP contribution in [0, 0.1) is 12.8 Å². The van der Waals surface area contributed by atoms with Crippen molar-refractivity contribution >= 4 is 18.0 Å². The van der Waals surface area contributed by atoms with Crippen molar-refractivity contribution in [2.45, 2.75) is 98.6 Å². The number of carbonyl (C=O) groups excluding carboxylic acids is 1. The molecule has 2 aromatic rings. The molecule has 1 aliphatic heterocycles. The molecule has 3 rings (SSSR count). The SMILES string of the molecule is CC(C)(C)N.CCCCC=CC(=O)N1CCc2ccc(OCCc3nc(/C=C/CC(C)C)oc3C)cc2C1C(=O)O. The average Bonchev–Trinajstić information content (AvgIpc) is 3.23. The van der Waals surface area contributed by atoms with E-state index in [2.05, 4.69) is 31.8 Å². The van der Waals surface area contributed by atoms with Crippen molar-refractivity contribution in [2.24, 2.45) is 11.7 Å². The van der Waals surface area contributed by atoms with Gasteiger partial charge >= 0.3 is 5.97 Å². The molecule has 3 N–H and O–H groups in total. The van der Waals surface area contributed by atoms with Crippen molar-refractivity contribution < 1.29 is 23.8 Å². The first kappa shape index (κ1) is 33.8. The van der Waals surface area contributed by atoms with Crippen LogP contribution in [0.4, 0.5) is 0 Å². The Morgan fingerprint density at radius 1 is 1.27 bits per heavy atom. The Morgan fingerprint density at radius 2 is 1.98 bits per heavy atom. The van der Waals surface area contributed by atoms with Gasteiger partial charge < -0.3 is 24.9 Å². The highest BCUT2D eigenvalue weighted by Gasteiger charge is 2.35. The summed E-state index contributed by atoms with van der Waals surface area (Å²) in [7, 11) is 0. The van der Waals surface area contributed by atoms with Gasteiger partial charge in [0.05, 0.1) is 12.3 Å². The van der Waals surface area contributed by atoms with Gasteiger partial charge in [-0.05, 0) is 88.3 Å². The van der Waals surface area contributed by atoms with Crippen LogP contribution in [0.1, 0.15) is 102 Å². The number of amides is 1. The second kappa shape index (κ2) is 16.2. The highest BCUT2D eigenvalue weighted by Crippen LogP contribution is 2.33. The lowest BCUT2D eigenvalue weighted by atomic mass is 9.92. The van der Waals surface area contributed by atoms with Crippen molar-refractivity contribution in [1.29, 1.82) is 0 Å². The summed E-state index contributed by atoms with van der Waals surface area (Å²) in [6.07, 6.45) is 12.3. The number of carbonyl (C=O) groups is 2. The van der Waals surface area contributed by atoms with E-state index < -0.39 is 12.0 Å². The van der Waals surface area contributed by atoms with Crippen LogP contribution in [-0.2, 0) is 22.4 Å². The second-order valence-electron chi connectivity index (χ2n) is 12.0. The smallest absolute Gasteiger partial charge is 0.331 e. The molecule has 0 spiro atoms. The molecule has 1 amide bonds. The summed E-state index contributed by atoms with van der Waals surface area (Å²) in [6.45, 7) is 15.0. The molecule has 0 aliphatic carbocycles. The van der Waals surface area contributed by atoms with E-state index in [0.717, 1.165) is 42.7 Å². The molecule has 1 aromatic heterocycles. The number of aryl methyl sites for hydroxylation is 1. The van der Waals surface area contributed by atoms with E-state index in [-0.39, 0.29) is 11.4 Å². The first-order chi connectivity index (χ1) is 19.3. The molecular weight excluding hydrogens is 518 g/mol. The third-order valence-corrected chi connectivity index (χ3v) is 6.23. The first-order valence-electron chi connectivity index (χ1n) is 14.7. The van der Waals surface area contributed by atoms with Crippen LogP contribution in [0.15, 0.2) is 40.8 Å². The molecule has 0 radical (unpaired) electrons. The summed E-state index contributed by atoms with van der Waals surface area (Å²) < 4.78 is 11.7. The fraction of sp³-hybridized carbons (Fsp3) is 0.545. The number of nitrogens with zero attached hydrogens (tertiary/aromatic N) is 2. The summed E-state index contributed by atoms with van der Waals surface area (Å²) in [5.74, 6) is 1.20. The Labute approximate surface area is 245 Å². The lowest BCUT2D eigenvalue weighted by Crippen LogP contribution is -2.42. The predicted octanol–water partition coefficient (Wildman–Crippen LogP) is 6.66. The maximum absolute atomic E-state index is 12.8. The van der Waals surface area contributed by atoms with Crippen molar-refractivity contribution in [3.8, 4) is 5.75 Å². The number of nitrogens with two attached hydrogens (primary N) is 1. The summed E-state index contributed by atoms with van der Waals surface area (Å²) in [5.41, 5.74) is 7.73. The van der Waals surface area contributed by atoms with Gasteiger partial charge in [0.15, 0.2) is 6.04 Å². The van der Waals surface area contributed by atoms with Gasteiger partial charge in [0, 0.05) is 18.5 Å². The van der Waals surface area contributed by atoms with Gasteiger partial charge in [-0.1, -0.05) is 51.8 Å². The standard InChI is InChI=1S/C29H38N2O5.C4H11N/c1-5-6-7-8-12-27(32)31-17-15-22-13-14-23(19-24(22)28(31)29(33)34)35-18-16-25-21(4)36-26(30-25)11-9-10-20(2)3;1-4(2,3)5/h8-9,11-14,19-20,28H,5-7,10,15-18H2,1-4H3,(H,33,34);5H2,1-3H3/b11-9+,12-8?;. The summed E-state index contributed by atoms with van der Waals surface area (Å²) in [4.78, 5) is 30.9. The van der Waals surface area contributed by atoms with Crippen LogP contribution in [-0.4, -0.2) is 45.6 Å². The quantitative estimate of drug-likeness (QED) is 0.217. The minimum absolute atomic E-state index is 0. The Morgan fingerprint density at radius 3 is 2.61 bits per heavy atom. The molecule has 0 saturated carbocycles. The zero-order chi connectivity index (χ0) is 30.6. The number of ether oxygens (including phenoxy) is 1. The zero-order valence-electron chi connectivity index (χ0n) is 25.9. The molecule has 1 atom stereocenters. The Hall–Kier alpha value is -3.39. The van der Waals surface area contributed by atoms with Crippen molar-refractivity contribution in [3.63, 3.8) is 0 Å². The lowest BCUT2D eigenvalue weighted by Gasteiger charge is -2.34. The number of aromatic nitrogens is 1. The van der Waals surface area contributed by atoms with Gasteiger partial charge in [0.25, 0.3) is 0 Å². The number of carboxylic acids is 1. The number of fused-ring (bicyclic) bond motifs is 1. The van der Waals surface area contributed by atoms with Gasteiger partial charge in [-0.2, -0.15) is 0 Å². The summed E-state index contributed by atoms with van der Waals surface area (Å²) in [6, 6.07) is 4.48. The van der Waals surface area contributed by atoms with Crippen LogP contribution in [0.5, 0.6) is 5.75 Å². The second-order valence-corrected chi connectivity index (χ2v) is 12.0. The number of rotatable bonds is 12. The number of hydrogen-bond acceptors (Lipinski definition) is 6. The van der Waals surface area contributed by atoms with E-state index >= 15 is 0 Å². The van der Waals surface area contributed by atoms with Crippen LogP contribution in [0.25, 0.3) is 6.08 Å². The van der Waals surface area contributed by atoms with E-state index in [1.165, 1.54) is 11.0 Å². The van der Waals surface area contributed by atoms with Gasteiger partial charge in [-0.15, -0.1) is 0 Å². The predicted molar refractivity (Wildman–Crippen MR) is 164 cm³/mol. The molecule has 2 heterocycles. The minimum Gasteiger partial charge on any atom is -0.493 e. The van der Waals surface area contributed by atoms with Crippen molar-refractivity contribution in [3.05, 3.63) is 64.9 Å². The molecular formula is C33H49N3O5. The van der Waals surface area contributed by atoms with E-state index in [0.29, 0.717) is 49.1 Å². The lowest BCUT2D eigenvalue weighted by molar-refractivity contribution is -0.149. The Kier molecular flexibility index (Phi) is 13.3. The zero-order valence-corrected chi connectivity index (χ0v) is 25.9. The maximum Gasteiger partial charge on any atom is 0.331 e. The van der Waals surface area contributed by atoms with E-state index in [1.807, 2.05) is 52.0 Å². The van der Waals surface area contributed by atoms with Gasteiger partial charge in [0.2, 0.25) is 11.8 Å². The van der Waals surface area contributed by atoms with Crippen molar-refractivity contribution in [1.82, 2.24) is 9.88 Å². The number of carboxylic acid groups (broad SMARTS) is 1. The Balaban J connectivity index is 0.00000108. The van der Waals surface area contributed by atoms with Gasteiger partial charge in [-0.3, -0.25) is 4.79 Å². The van der Waals surface area contributed by atoms with Crippen LogP contribution in [0.3, 0.4) is 0 Å². The normalized spacial score (nSPS) is 15.2. The van der Waals surface area contributed by atoms with Crippen LogP contribution < -0.4 is 10.5 Å². The number of benzene rings is 1. The van der Waals surface area contributed by atoms with Crippen molar-refractivity contribution in [2.75, 3.05) is 13.2 Å². The van der Waals surface area contributed by atoms with Gasteiger partial charge in [-0.25, -0.2) is 9.78 Å². The molecule has 0 saturated heterocycles. The van der Waals surface area contributed by atoms with Crippen LogP contribution in [0.2, 0.25) is 0 Å². The Bertz CT molecular complexity index is 1180. The third kappa shape index (κ3) is 11.9. The average molecular weight is 568 g/mol. The first-order valence-corrected chi connectivity index (χ1v) is 14.7. The molecule has 1 aliphatic rings. The molecule has 0 fully saturated rings. The molecule has 226 valence electrons. The maximum atomic E-state index is 12.8. The highest BCUT2D eigenvalue weighted by atomic mass is 16.5. The summed E-state index contributed by atoms with van der Waals surface area (Å²) in [5, 5.41) is 9.97. The monoisotopic (exact) mass is 567 g/mol. The number of unbranched alkanes of at least 4 members (excludes halogenated alkanes) is 2. The molecule has 8 nitrogen and oxygen atoms in total. The van der Waals surface area contributed by atoms with Crippen LogP contribution >= 0.6 is 0 Å². The fourth-order valence-corrected chi connectivity index (χ4v) is 4.25. The highest BCUT2D eigenvalue weighted by molar-refractivity contribution is 5.92. The fourth-order valence-electron chi connectivity index (χ4n) is 4.25.